The van der Waals surface area contributed by atoms with Gasteiger partial charge in [-0.05, 0) is 6.07 Å². The van der Waals surface area contributed by atoms with E-state index in [2.05, 4.69) is 20.2 Å². The van der Waals surface area contributed by atoms with Gasteiger partial charge in [0.15, 0.2) is 5.65 Å². The number of benzene rings is 1. The molecule has 5 nitrogen and oxygen atoms in total. The summed E-state index contributed by atoms with van der Waals surface area (Å²) in [6.07, 6.45) is -3.11. The number of aromatic amines is 1. The molecule has 8 heteroatoms. The average Bonchev–Trinajstić information content (AvgIpc) is 2.84. The highest BCUT2D eigenvalue weighted by Crippen LogP contribution is 2.38. The van der Waals surface area contributed by atoms with Crippen molar-refractivity contribution >= 4 is 17.0 Å². The van der Waals surface area contributed by atoms with E-state index in [4.69, 9.17) is 5.73 Å². The predicted molar refractivity (Wildman–Crippen MR) is 66.5 cm³/mol. The molecule has 0 atom stereocenters. The minimum Gasteiger partial charge on any atom is -0.368 e. The normalized spacial score (nSPS) is 11.9. The number of hydrogen-bond acceptors (Lipinski definition) is 4. The summed E-state index contributed by atoms with van der Waals surface area (Å²) in [6, 6.07) is 5.18. The van der Waals surface area contributed by atoms with E-state index in [-0.39, 0.29) is 17.2 Å². The van der Waals surface area contributed by atoms with Gasteiger partial charge in [-0.3, -0.25) is 5.10 Å². The number of rotatable bonds is 1. The Morgan fingerprint density at radius 1 is 1.10 bits per heavy atom. The van der Waals surface area contributed by atoms with Gasteiger partial charge in [-0.1, -0.05) is 18.2 Å². The molecule has 0 aliphatic rings. The van der Waals surface area contributed by atoms with Crippen molar-refractivity contribution < 1.29 is 13.2 Å². The summed E-state index contributed by atoms with van der Waals surface area (Å²) in [5.41, 5.74) is 5.10. The monoisotopic (exact) mass is 279 g/mol. The van der Waals surface area contributed by atoms with E-state index in [0.717, 1.165) is 6.07 Å². The summed E-state index contributed by atoms with van der Waals surface area (Å²) < 4.78 is 39.2. The molecule has 0 radical (unpaired) electrons. The molecule has 0 bridgehead atoms. The van der Waals surface area contributed by atoms with Crippen LogP contribution in [-0.2, 0) is 6.18 Å². The standard InChI is InChI=1S/C12H8F3N5/c13-12(14,15)8-4-2-1-3-6(8)9-7-5-17-20-10(7)19-11(16)18-9/h1-5H,(H3,16,17,18,19,20). The molecule has 102 valence electrons. The third-order valence-electron chi connectivity index (χ3n) is 2.81. The lowest BCUT2D eigenvalue weighted by Crippen LogP contribution is -2.08. The molecular formula is C12H8F3N5. The first-order valence-electron chi connectivity index (χ1n) is 5.60. The van der Waals surface area contributed by atoms with Crippen LogP contribution in [-0.4, -0.2) is 20.2 Å². The summed E-state index contributed by atoms with van der Waals surface area (Å²) in [5, 5.41) is 6.71. The van der Waals surface area contributed by atoms with E-state index < -0.39 is 11.7 Å². The SMILES string of the molecule is Nc1nc(-c2ccccc2C(F)(F)F)c2cn[nH]c2n1. The van der Waals surface area contributed by atoms with Crippen LogP contribution < -0.4 is 5.73 Å². The fraction of sp³-hybridized carbons (Fsp3) is 0.0833. The lowest BCUT2D eigenvalue weighted by molar-refractivity contribution is -0.137. The van der Waals surface area contributed by atoms with Gasteiger partial charge in [0, 0.05) is 5.56 Å². The van der Waals surface area contributed by atoms with Crippen LogP contribution >= 0.6 is 0 Å². The topological polar surface area (TPSA) is 80.5 Å². The minimum atomic E-state index is -4.48. The summed E-state index contributed by atoms with van der Waals surface area (Å²) in [6.45, 7) is 0. The maximum atomic E-state index is 13.1. The number of nitrogen functional groups attached to an aromatic ring is 1. The number of alkyl halides is 3. The van der Waals surface area contributed by atoms with Crippen LogP contribution in [0.15, 0.2) is 30.5 Å². The molecule has 0 spiro atoms. The molecule has 0 aliphatic carbocycles. The maximum Gasteiger partial charge on any atom is 0.417 e. The van der Waals surface area contributed by atoms with E-state index in [1.165, 1.54) is 24.4 Å². The average molecular weight is 279 g/mol. The van der Waals surface area contributed by atoms with Crippen LogP contribution in [0.1, 0.15) is 5.56 Å². The summed E-state index contributed by atoms with van der Waals surface area (Å²) in [4.78, 5) is 7.81. The van der Waals surface area contributed by atoms with Gasteiger partial charge in [0.25, 0.3) is 0 Å². The zero-order valence-electron chi connectivity index (χ0n) is 9.94. The van der Waals surface area contributed by atoms with Crippen molar-refractivity contribution in [2.24, 2.45) is 0 Å². The molecule has 0 unspecified atom stereocenters. The first-order chi connectivity index (χ1) is 9.47. The number of halogens is 3. The van der Waals surface area contributed by atoms with Gasteiger partial charge >= 0.3 is 6.18 Å². The van der Waals surface area contributed by atoms with Crippen molar-refractivity contribution in [3.05, 3.63) is 36.0 Å². The van der Waals surface area contributed by atoms with Crippen molar-refractivity contribution in [2.75, 3.05) is 5.73 Å². The van der Waals surface area contributed by atoms with E-state index in [0.29, 0.717) is 11.0 Å². The van der Waals surface area contributed by atoms with Crippen LogP contribution in [0.3, 0.4) is 0 Å². The lowest BCUT2D eigenvalue weighted by Gasteiger charge is -2.12. The third kappa shape index (κ3) is 1.94. The van der Waals surface area contributed by atoms with Gasteiger partial charge in [0.2, 0.25) is 5.95 Å². The van der Waals surface area contributed by atoms with Crippen LogP contribution in [0.2, 0.25) is 0 Å². The molecule has 2 aromatic heterocycles. The zero-order valence-corrected chi connectivity index (χ0v) is 9.94. The molecule has 20 heavy (non-hydrogen) atoms. The van der Waals surface area contributed by atoms with E-state index in [1.54, 1.807) is 0 Å². The molecule has 3 N–H and O–H groups in total. The Morgan fingerprint density at radius 3 is 2.60 bits per heavy atom. The number of nitrogens with two attached hydrogens (primary N) is 1. The molecule has 0 saturated carbocycles. The van der Waals surface area contributed by atoms with Gasteiger partial charge in [0.1, 0.15) is 0 Å². The van der Waals surface area contributed by atoms with Crippen molar-refractivity contribution in [3.8, 4) is 11.3 Å². The van der Waals surface area contributed by atoms with E-state index >= 15 is 0 Å². The summed E-state index contributed by atoms with van der Waals surface area (Å²) in [7, 11) is 0. The third-order valence-corrected chi connectivity index (χ3v) is 2.81. The lowest BCUT2D eigenvalue weighted by atomic mass is 10.0. The highest BCUT2D eigenvalue weighted by atomic mass is 19.4. The molecule has 0 fully saturated rings. The Hall–Kier alpha value is -2.64. The smallest absolute Gasteiger partial charge is 0.368 e. The number of nitrogens with zero attached hydrogens (tertiary/aromatic N) is 3. The second-order valence-corrected chi connectivity index (χ2v) is 4.11. The summed E-state index contributed by atoms with van der Waals surface area (Å²) >= 11 is 0. The minimum absolute atomic E-state index is 0.0551. The quantitative estimate of drug-likeness (QED) is 0.717. The number of anilines is 1. The van der Waals surface area contributed by atoms with Crippen LogP contribution in [0.25, 0.3) is 22.3 Å². The number of H-pyrrole nitrogens is 1. The highest BCUT2D eigenvalue weighted by molar-refractivity contribution is 5.91. The van der Waals surface area contributed by atoms with Gasteiger partial charge in [-0.2, -0.15) is 23.3 Å². The molecule has 3 aromatic rings. The van der Waals surface area contributed by atoms with Gasteiger partial charge in [-0.25, -0.2) is 4.98 Å². The highest BCUT2D eigenvalue weighted by Gasteiger charge is 2.34. The fourth-order valence-electron chi connectivity index (χ4n) is 1.99. The zero-order chi connectivity index (χ0) is 14.3. The molecule has 0 amide bonds. The van der Waals surface area contributed by atoms with Crippen molar-refractivity contribution in [1.82, 2.24) is 20.2 Å². The molecule has 0 aliphatic heterocycles. The van der Waals surface area contributed by atoms with E-state index in [1.807, 2.05) is 0 Å². The predicted octanol–water partition coefficient (Wildman–Crippen LogP) is 2.62. The first-order valence-corrected chi connectivity index (χ1v) is 5.60. The Bertz CT molecular complexity index is 778. The Balaban J connectivity index is 2.34. The molecule has 1 aromatic carbocycles. The van der Waals surface area contributed by atoms with Crippen molar-refractivity contribution in [3.63, 3.8) is 0 Å². The van der Waals surface area contributed by atoms with E-state index in [9.17, 15) is 13.2 Å². The van der Waals surface area contributed by atoms with Crippen molar-refractivity contribution in [2.45, 2.75) is 6.18 Å². The Labute approximate surface area is 110 Å². The Kier molecular flexibility index (Phi) is 2.60. The van der Waals surface area contributed by atoms with Gasteiger partial charge in [-0.15, -0.1) is 0 Å². The molecular weight excluding hydrogens is 271 g/mol. The molecule has 3 rings (SSSR count). The van der Waals surface area contributed by atoms with Gasteiger partial charge < -0.3 is 5.73 Å². The number of nitrogens with one attached hydrogen (secondary N) is 1. The van der Waals surface area contributed by atoms with Gasteiger partial charge in [0.05, 0.1) is 22.8 Å². The molecule has 2 heterocycles. The number of hydrogen-bond donors (Lipinski definition) is 2. The number of fused-ring (bicyclic) bond motifs is 1. The largest absolute Gasteiger partial charge is 0.417 e. The second kappa shape index (κ2) is 4.19. The second-order valence-electron chi connectivity index (χ2n) is 4.11. The Morgan fingerprint density at radius 2 is 1.85 bits per heavy atom. The summed E-state index contributed by atoms with van der Waals surface area (Å²) in [5.74, 6) is -0.117. The molecule has 0 saturated heterocycles. The maximum absolute atomic E-state index is 13.1. The van der Waals surface area contributed by atoms with Crippen molar-refractivity contribution in [1.29, 1.82) is 0 Å². The first kappa shape index (κ1) is 12.4. The van der Waals surface area contributed by atoms with Crippen LogP contribution in [0.4, 0.5) is 19.1 Å². The number of aromatic nitrogens is 4. The van der Waals surface area contributed by atoms with Crippen LogP contribution in [0, 0.1) is 0 Å². The fourth-order valence-corrected chi connectivity index (χ4v) is 1.99. The van der Waals surface area contributed by atoms with Crippen LogP contribution in [0.5, 0.6) is 0 Å².